The molecule has 1 atom stereocenters. The zero-order valence-electron chi connectivity index (χ0n) is 26.1. The number of aromatic amines is 1. The highest BCUT2D eigenvalue weighted by Crippen LogP contribution is 2.38. The number of methoxy groups -OCH3 is 1. The Kier molecular flexibility index (Phi) is 12.2. The summed E-state index contributed by atoms with van der Waals surface area (Å²) in [5.41, 5.74) is 6.09. The van der Waals surface area contributed by atoms with E-state index in [-0.39, 0.29) is 20.5 Å². The molecule has 1 aliphatic rings. The van der Waals surface area contributed by atoms with Crippen LogP contribution >= 0.6 is 0 Å². The molecule has 0 aliphatic heterocycles. The minimum absolute atomic E-state index is 0. The predicted octanol–water partition coefficient (Wildman–Crippen LogP) is 10.6. The Labute approximate surface area is 254 Å². The van der Waals surface area contributed by atoms with Crippen molar-refractivity contribution in [2.75, 3.05) is 12.4 Å². The zero-order valence-corrected chi connectivity index (χ0v) is 26.1. The maximum absolute atomic E-state index is 13.8. The third-order valence-corrected chi connectivity index (χ3v) is 7.91. The van der Waals surface area contributed by atoms with E-state index >= 15 is 0 Å². The Balaban J connectivity index is 0.00000155. The number of aromatic nitrogens is 1. The van der Waals surface area contributed by atoms with Crippen LogP contribution in [0.3, 0.4) is 0 Å². The van der Waals surface area contributed by atoms with Gasteiger partial charge >= 0.3 is 0 Å². The Bertz CT molecular complexity index is 1510. The molecule has 1 aromatic heterocycles. The van der Waals surface area contributed by atoms with Gasteiger partial charge in [-0.25, -0.2) is 0 Å². The molecule has 1 amide bonds. The normalized spacial score (nSPS) is 13.6. The van der Waals surface area contributed by atoms with Gasteiger partial charge in [-0.15, -0.1) is 0 Å². The number of carbonyl (C=O) groups excluding carboxylic acids is 2. The number of Topliss-reactive ketones (excluding diaryl/α,β-unsaturated/α-hetero) is 1. The number of fused-ring (bicyclic) bond motifs is 1. The minimum Gasteiger partial charge on any atom is -0.496 e. The van der Waals surface area contributed by atoms with Crippen LogP contribution in [0, 0.1) is 11.8 Å². The van der Waals surface area contributed by atoms with Gasteiger partial charge in [-0.2, -0.15) is 0 Å². The lowest BCUT2D eigenvalue weighted by Gasteiger charge is -2.27. The number of rotatable bonds is 8. The molecule has 5 heteroatoms. The van der Waals surface area contributed by atoms with Crippen LogP contribution in [-0.4, -0.2) is 23.8 Å². The van der Waals surface area contributed by atoms with E-state index in [0.29, 0.717) is 17.2 Å². The molecular formula is C37H50N2O3. The van der Waals surface area contributed by atoms with Crippen LogP contribution in [0.4, 0.5) is 5.69 Å². The third kappa shape index (κ3) is 7.20. The number of hydrogen-bond acceptors (Lipinski definition) is 3. The first kappa shape index (κ1) is 32.4. The van der Waals surface area contributed by atoms with Crippen molar-refractivity contribution < 1.29 is 17.2 Å². The van der Waals surface area contributed by atoms with Gasteiger partial charge in [0.25, 0.3) is 0 Å². The van der Waals surface area contributed by atoms with Gasteiger partial charge < -0.3 is 15.0 Å². The first-order chi connectivity index (χ1) is 20.5. The largest absolute Gasteiger partial charge is 0.496 e. The van der Waals surface area contributed by atoms with Gasteiger partial charge in [0.2, 0.25) is 5.91 Å². The molecule has 1 saturated carbocycles. The standard InChI is InChI=1S/C33H34N2O3.2C2H6.2H2/c1-4-32(36)35-30-17-15-24(19-27(30)33(37)21(2)22-10-6-5-7-11-22)23-14-16-29-26(18-23)28(20-34-29)25-12-8-9-13-31(25)38-3;2*1-2;;/h4,8-9,12-22,34H,1,5-7,10-11H2,2-3H3,(H,35,36);2*1-2H3;2*1H. The van der Waals surface area contributed by atoms with Crippen molar-refractivity contribution in [2.45, 2.75) is 66.7 Å². The van der Waals surface area contributed by atoms with Gasteiger partial charge in [0.15, 0.2) is 5.78 Å². The van der Waals surface area contributed by atoms with Gasteiger partial charge in [-0.1, -0.05) is 90.8 Å². The van der Waals surface area contributed by atoms with Gasteiger partial charge in [-0.3, -0.25) is 9.59 Å². The number of anilines is 1. The van der Waals surface area contributed by atoms with Crippen molar-refractivity contribution in [3.05, 3.63) is 85.1 Å². The number of amides is 1. The number of benzene rings is 3. The summed E-state index contributed by atoms with van der Waals surface area (Å²) in [5.74, 6) is 0.838. The topological polar surface area (TPSA) is 71.2 Å². The van der Waals surface area contributed by atoms with E-state index in [9.17, 15) is 9.59 Å². The average Bonchev–Trinajstić information content (AvgIpc) is 3.49. The number of H-pyrrole nitrogens is 1. The van der Waals surface area contributed by atoms with E-state index in [1.54, 1.807) is 7.11 Å². The van der Waals surface area contributed by atoms with Gasteiger partial charge in [-0.05, 0) is 66.3 Å². The Morgan fingerprint density at radius 1 is 0.952 bits per heavy atom. The third-order valence-electron chi connectivity index (χ3n) is 7.91. The fourth-order valence-electron chi connectivity index (χ4n) is 5.70. The zero-order chi connectivity index (χ0) is 30.6. The maximum atomic E-state index is 13.8. The van der Waals surface area contributed by atoms with E-state index in [1.165, 1.54) is 25.3 Å². The lowest BCUT2D eigenvalue weighted by atomic mass is 9.77. The fourth-order valence-corrected chi connectivity index (χ4v) is 5.70. The second-order valence-corrected chi connectivity index (χ2v) is 10.2. The van der Waals surface area contributed by atoms with E-state index in [1.807, 2.05) is 77.2 Å². The summed E-state index contributed by atoms with van der Waals surface area (Å²) < 4.78 is 5.61. The second-order valence-electron chi connectivity index (χ2n) is 10.2. The number of carbonyl (C=O) groups is 2. The lowest BCUT2D eigenvalue weighted by molar-refractivity contribution is -0.111. The summed E-state index contributed by atoms with van der Waals surface area (Å²) in [6, 6.07) is 19.9. The number of para-hydroxylation sites is 1. The SMILES string of the molecule is C=CC(=O)Nc1ccc(-c2ccc3[nH]cc(-c4ccccc4OC)c3c2)cc1C(=O)C(C)C1CCCCC1.CC.CC.[HH].[HH]. The molecule has 0 radical (unpaired) electrons. The number of hydrogen-bond donors (Lipinski definition) is 2. The van der Waals surface area contributed by atoms with Crippen LogP contribution in [0.1, 0.15) is 79.9 Å². The van der Waals surface area contributed by atoms with Crippen molar-refractivity contribution in [3.8, 4) is 28.0 Å². The molecule has 5 nitrogen and oxygen atoms in total. The molecule has 1 heterocycles. The van der Waals surface area contributed by atoms with Crippen LogP contribution in [-0.2, 0) is 4.79 Å². The quantitative estimate of drug-likeness (QED) is 0.163. The highest BCUT2D eigenvalue weighted by atomic mass is 16.5. The minimum atomic E-state index is -0.327. The van der Waals surface area contributed by atoms with E-state index in [2.05, 4.69) is 41.1 Å². The van der Waals surface area contributed by atoms with E-state index < -0.39 is 0 Å². The molecule has 1 aliphatic carbocycles. The lowest BCUT2D eigenvalue weighted by Crippen LogP contribution is -2.24. The van der Waals surface area contributed by atoms with Gasteiger partial charge in [0.1, 0.15) is 5.75 Å². The van der Waals surface area contributed by atoms with Gasteiger partial charge in [0.05, 0.1) is 12.8 Å². The van der Waals surface area contributed by atoms with Crippen molar-refractivity contribution in [1.29, 1.82) is 0 Å². The van der Waals surface area contributed by atoms with E-state index in [4.69, 9.17) is 4.74 Å². The molecule has 0 saturated heterocycles. The highest BCUT2D eigenvalue weighted by Gasteiger charge is 2.28. The fraction of sp³-hybridized carbons (Fsp3) is 0.351. The molecule has 1 fully saturated rings. The molecule has 1 unspecified atom stereocenters. The molecule has 4 aromatic rings. The van der Waals surface area contributed by atoms with Crippen molar-refractivity contribution >= 4 is 28.3 Å². The Hall–Kier alpha value is -4.12. The van der Waals surface area contributed by atoms with Crippen molar-refractivity contribution in [2.24, 2.45) is 11.8 Å². The summed E-state index contributed by atoms with van der Waals surface area (Å²) in [6.07, 6.45) is 8.98. The maximum Gasteiger partial charge on any atom is 0.247 e. The smallest absolute Gasteiger partial charge is 0.247 e. The monoisotopic (exact) mass is 570 g/mol. The summed E-state index contributed by atoms with van der Waals surface area (Å²) in [6.45, 7) is 13.6. The molecule has 42 heavy (non-hydrogen) atoms. The molecule has 5 rings (SSSR count). The second kappa shape index (κ2) is 15.8. The average molecular weight is 571 g/mol. The first-order valence-corrected chi connectivity index (χ1v) is 15.4. The summed E-state index contributed by atoms with van der Waals surface area (Å²) in [7, 11) is 1.68. The molecule has 3 aromatic carbocycles. The Morgan fingerprint density at radius 2 is 1.62 bits per heavy atom. The van der Waals surface area contributed by atoms with Crippen molar-refractivity contribution in [3.63, 3.8) is 0 Å². The van der Waals surface area contributed by atoms with Crippen LogP contribution in [0.5, 0.6) is 5.75 Å². The van der Waals surface area contributed by atoms with Crippen LogP contribution < -0.4 is 10.1 Å². The number of nitrogens with one attached hydrogen (secondary N) is 2. The number of ether oxygens (including phenoxy) is 1. The van der Waals surface area contributed by atoms with Crippen LogP contribution in [0.15, 0.2) is 79.5 Å². The van der Waals surface area contributed by atoms with Gasteiger partial charge in [0, 0.05) is 42.6 Å². The van der Waals surface area contributed by atoms with E-state index in [0.717, 1.165) is 51.7 Å². The predicted molar refractivity (Wildman–Crippen MR) is 182 cm³/mol. The molecular weight excluding hydrogens is 520 g/mol. The summed E-state index contributed by atoms with van der Waals surface area (Å²) in [4.78, 5) is 29.3. The Morgan fingerprint density at radius 3 is 2.31 bits per heavy atom. The number of ketones is 1. The molecule has 226 valence electrons. The highest BCUT2D eigenvalue weighted by molar-refractivity contribution is 6.09. The molecule has 0 spiro atoms. The molecule has 2 N–H and O–H groups in total. The van der Waals surface area contributed by atoms with Crippen LogP contribution in [0.25, 0.3) is 33.2 Å². The summed E-state index contributed by atoms with van der Waals surface area (Å²) in [5, 5.41) is 3.92. The van der Waals surface area contributed by atoms with Crippen molar-refractivity contribution in [1.82, 2.24) is 4.98 Å². The van der Waals surface area contributed by atoms with Crippen LogP contribution in [0.2, 0.25) is 0 Å². The summed E-state index contributed by atoms with van der Waals surface area (Å²) >= 11 is 0. The first-order valence-electron chi connectivity index (χ1n) is 15.4. The molecule has 0 bridgehead atoms.